The zero-order valence-electron chi connectivity index (χ0n) is 12.1. The topological polar surface area (TPSA) is 0 Å². The Morgan fingerprint density at radius 3 is 1.56 bits per heavy atom. The van der Waals surface area contributed by atoms with Crippen LogP contribution in [-0.4, -0.2) is 0 Å². The third-order valence-corrected chi connectivity index (χ3v) is 3.58. The van der Waals surface area contributed by atoms with Crippen molar-refractivity contribution in [3.63, 3.8) is 0 Å². The van der Waals surface area contributed by atoms with Gasteiger partial charge in [0, 0.05) is 0 Å². The highest BCUT2D eigenvalue weighted by molar-refractivity contribution is 4.53. The van der Waals surface area contributed by atoms with Crippen LogP contribution in [0.25, 0.3) is 0 Å². The Morgan fingerprint density at radius 2 is 1.06 bits per heavy atom. The first-order chi connectivity index (χ1) is 7.81. The Balaban J connectivity index is 2.98. The number of hydrogen-bond acceptors (Lipinski definition) is 0. The van der Waals surface area contributed by atoms with Crippen LogP contribution in [0.15, 0.2) is 0 Å². The molecule has 0 aromatic carbocycles. The van der Waals surface area contributed by atoms with E-state index in [9.17, 15) is 0 Å². The second kappa shape index (κ2) is 13.1. The van der Waals surface area contributed by atoms with E-state index in [0.29, 0.717) is 0 Å². The van der Waals surface area contributed by atoms with Crippen molar-refractivity contribution in [2.24, 2.45) is 5.92 Å². The fourth-order valence-electron chi connectivity index (χ4n) is 2.44. The third kappa shape index (κ3) is 12.1. The van der Waals surface area contributed by atoms with Crippen molar-refractivity contribution in [1.29, 1.82) is 0 Å². The van der Waals surface area contributed by atoms with Gasteiger partial charge in [-0.25, -0.2) is 0 Å². The molecule has 0 fully saturated rings. The molecule has 16 heavy (non-hydrogen) atoms. The Morgan fingerprint density at radius 1 is 0.562 bits per heavy atom. The largest absolute Gasteiger partial charge is 0.0654 e. The normalized spacial score (nSPS) is 12.9. The first kappa shape index (κ1) is 16.0. The summed E-state index contributed by atoms with van der Waals surface area (Å²) >= 11 is 0. The maximum Gasteiger partial charge on any atom is -0.0443 e. The van der Waals surface area contributed by atoms with Crippen LogP contribution in [0.4, 0.5) is 0 Å². The van der Waals surface area contributed by atoms with E-state index in [0.717, 1.165) is 5.92 Å². The average molecular weight is 226 g/mol. The molecule has 0 rings (SSSR count). The Hall–Kier alpha value is 0. The van der Waals surface area contributed by atoms with Crippen LogP contribution in [0.5, 0.6) is 0 Å². The molecule has 0 bridgehead atoms. The number of rotatable bonds is 12. The van der Waals surface area contributed by atoms with Crippen LogP contribution < -0.4 is 0 Å². The van der Waals surface area contributed by atoms with Gasteiger partial charge in [-0.05, 0) is 5.92 Å². The van der Waals surface area contributed by atoms with Gasteiger partial charge < -0.3 is 0 Å². The van der Waals surface area contributed by atoms with Gasteiger partial charge >= 0.3 is 0 Å². The van der Waals surface area contributed by atoms with Crippen molar-refractivity contribution in [3.05, 3.63) is 0 Å². The second-order valence-electron chi connectivity index (χ2n) is 5.51. The predicted molar refractivity (Wildman–Crippen MR) is 75.9 cm³/mol. The third-order valence-electron chi connectivity index (χ3n) is 3.58. The highest BCUT2D eigenvalue weighted by atomic mass is 14.1. The van der Waals surface area contributed by atoms with Crippen LogP contribution in [0, 0.1) is 5.92 Å². The first-order valence-corrected chi connectivity index (χ1v) is 7.81. The second-order valence-corrected chi connectivity index (χ2v) is 5.51. The Bertz CT molecular complexity index is 117. The van der Waals surface area contributed by atoms with Gasteiger partial charge in [0.2, 0.25) is 0 Å². The van der Waals surface area contributed by atoms with Crippen LogP contribution in [0.3, 0.4) is 0 Å². The zero-order valence-corrected chi connectivity index (χ0v) is 12.1. The molecule has 0 heterocycles. The van der Waals surface area contributed by atoms with Gasteiger partial charge in [-0.2, -0.15) is 0 Å². The Kier molecular flexibility index (Phi) is 13.1. The molecule has 0 amide bonds. The van der Waals surface area contributed by atoms with E-state index in [1.807, 2.05) is 0 Å². The van der Waals surface area contributed by atoms with Crippen molar-refractivity contribution >= 4 is 0 Å². The molecule has 0 saturated heterocycles. The van der Waals surface area contributed by atoms with Crippen molar-refractivity contribution in [2.75, 3.05) is 0 Å². The lowest BCUT2D eigenvalue weighted by Crippen LogP contribution is -1.93. The summed E-state index contributed by atoms with van der Waals surface area (Å²) in [5.41, 5.74) is 0. The lowest BCUT2D eigenvalue weighted by molar-refractivity contribution is 0.450. The molecule has 0 aliphatic heterocycles. The molecule has 98 valence electrons. The molecule has 0 radical (unpaired) electrons. The summed E-state index contributed by atoms with van der Waals surface area (Å²) < 4.78 is 0. The molecule has 0 nitrogen and oxygen atoms in total. The van der Waals surface area contributed by atoms with Crippen molar-refractivity contribution < 1.29 is 0 Å². The molecule has 0 N–H and O–H groups in total. The minimum absolute atomic E-state index is 0.967. The molecule has 0 heteroatoms. The lowest BCUT2D eigenvalue weighted by Gasteiger charge is -2.09. The molecule has 0 saturated carbocycles. The summed E-state index contributed by atoms with van der Waals surface area (Å²) in [7, 11) is 0. The first-order valence-electron chi connectivity index (χ1n) is 7.81. The van der Waals surface area contributed by atoms with Crippen molar-refractivity contribution in [1.82, 2.24) is 0 Å². The van der Waals surface area contributed by atoms with Crippen molar-refractivity contribution in [2.45, 2.75) is 97.8 Å². The SMILES string of the molecule is CCCCCCCCCCCC(C)CCC. The summed E-state index contributed by atoms with van der Waals surface area (Å²) in [4.78, 5) is 0. The smallest absolute Gasteiger partial charge is 0.0443 e. The molecular formula is C16H34. The number of unbranched alkanes of at least 4 members (excludes halogenated alkanes) is 8. The maximum absolute atomic E-state index is 2.41. The van der Waals surface area contributed by atoms with Gasteiger partial charge in [0.15, 0.2) is 0 Å². The van der Waals surface area contributed by atoms with E-state index in [-0.39, 0.29) is 0 Å². The maximum atomic E-state index is 2.41. The van der Waals surface area contributed by atoms with E-state index in [2.05, 4.69) is 20.8 Å². The summed E-state index contributed by atoms with van der Waals surface area (Å²) in [6.45, 7) is 7.00. The highest BCUT2D eigenvalue weighted by Gasteiger charge is 1.99. The average Bonchev–Trinajstić information content (AvgIpc) is 2.27. The fraction of sp³-hybridized carbons (Fsp3) is 1.00. The van der Waals surface area contributed by atoms with Crippen LogP contribution in [0.2, 0.25) is 0 Å². The molecular weight excluding hydrogens is 192 g/mol. The quantitative estimate of drug-likeness (QED) is 0.340. The summed E-state index contributed by atoms with van der Waals surface area (Å²) in [5.74, 6) is 0.967. The van der Waals surface area contributed by atoms with Gasteiger partial charge in [-0.15, -0.1) is 0 Å². The predicted octanol–water partition coefficient (Wildman–Crippen LogP) is 6.34. The minimum Gasteiger partial charge on any atom is -0.0654 e. The van der Waals surface area contributed by atoms with Crippen LogP contribution >= 0.6 is 0 Å². The van der Waals surface area contributed by atoms with E-state index in [4.69, 9.17) is 0 Å². The van der Waals surface area contributed by atoms with Gasteiger partial charge in [-0.1, -0.05) is 97.8 Å². The summed E-state index contributed by atoms with van der Waals surface area (Å²) in [6.07, 6.45) is 17.4. The van der Waals surface area contributed by atoms with Crippen LogP contribution in [0.1, 0.15) is 97.8 Å². The monoisotopic (exact) mass is 226 g/mol. The fourth-order valence-corrected chi connectivity index (χ4v) is 2.44. The highest BCUT2D eigenvalue weighted by Crippen LogP contribution is 2.16. The zero-order chi connectivity index (χ0) is 12.1. The molecule has 1 atom stereocenters. The summed E-state index contributed by atoms with van der Waals surface area (Å²) in [5, 5.41) is 0. The lowest BCUT2D eigenvalue weighted by atomic mass is 9.98. The van der Waals surface area contributed by atoms with E-state index in [1.165, 1.54) is 77.0 Å². The van der Waals surface area contributed by atoms with Gasteiger partial charge in [0.1, 0.15) is 0 Å². The molecule has 1 unspecified atom stereocenters. The molecule has 0 aliphatic rings. The molecule has 0 aliphatic carbocycles. The van der Waals surface area contributed by atoms with Crippen LogP contribution in [-0.2, 0) is 0 Å². The van der Waals surface area contributed by atoms with Gasteiger partial charge in [-0.3, -0.25) is 0 Å². The molecule has 0 aromatic heterocycles. The van der Waals surface area contributed by atoms with Gasteiger partial charge in [0.05, 0.1) is 0 Å². The Labute approximate surface area is 104 Å². The molecule has 0 spiro atoms. The van der Waals surface area contributed by atoms with E-state index in [1.54, 1.807) is 0 Å². The number of hydrogen-bond donors (Lipinski definition) is 0. The molecule has 0 aromatic rings. The standard InChI is InChI=1S/C16H34/c1-4-6-7-8-9-10-11-12-13-15-16(3)14-5-2/h16H,4-15H2,1-3H3. The van der Waals surface area contributed by atoms with E-state index >= 15 is 0 Å². The summed E-state index contributed by atoms with van der Waals surface area (Å²) in [6, 6.07) is 0. The van der Waals surface area contributed by atoms with Gasteiger partial charge in [0.25, 0.3) is 0 Å². The van der Waals surface area contributed by atoms with E-state index < -0.39 is 0 Å². The minimum atomic E-state index is 0.967. The van der Waals surface area contributed by atoms with Crippen molar-refractivity contribution in [3.8, 4) is 0 Å².